The van der Waals surface area contributed by atoms with Crippen molar-refractivity contribution in [1.29, 1.82) is 0 Å². The summed E-state index contributed by atoms with van der Waals surface area (Å²) in [5, 5.41) is 3.16. The first-order chi connectivity index (χ1) is 9.78. The molecule has 1 saturated carbocycles. The average molecular weight is 274 g/mol. The van der Waals surface area contributed by atoms with Crippen molar-refractivity contribution in [2.24, 2.45) is 0 Å². The first-order valence-electron chi connectivity index (χ1n) is 7.83. The highest BCUT2D eigenvalue weighted by molar-refractivity contribution is 5.76. The molecule has 0 unspecified atom stereocenters. The number of rotatable bonds is 7. The molecular weight excluding hydrogens is 248 g/mol. The van der Waals surface area contributed by atoms with Crippen molar-refractivity contribution in [3.63, 3.8) is 0 Å². The van der Waals surface area contributed by atoms with E-state index in [4.69, 9.17) is 0 Å². The molecule has 1 aliphatic rings. The first kappa shape index (κ1) is 15.0. The van der Waals surface area contributed by atoms with Crippen molar-refractivity contribution in [3.8, 4) is 0 Å². The first-order valence-corrected chi connectivity index (χ1v) is 7.83. The molecule has 0 heterocycles. The van der Waals surface area contributed by atoms with Crippen LogP contribution < -0.4 is 5.32 Å². The molecule has 3 nitrogen and oxygen atoms in total. The summed E-state index contributed by atoms with van der Waals surface area (Å²) in [4.78, 5) is 14.3. The van der Waals surface area contributed by atoms with Crippen LogP contribution in [0.4, 0.5) is 0 Å². The van der Waals surface area contributed by atoms with Crippen molar-refractivity contribution in [2.75, 3.05) is 13.1 Å². The van der Waals surface area contributed by atoms with E-state index in [2.05, 4.69) is 41.4 Å². The van der Waals surface area contributed by atoms with Crippen LogP contribution in [0.2, 0.25) is 0 Å². The van der Waals surface area contributed by atoms with Gasteiger partial charge in [0, 0.05) is 25.6 Å². The average Bonchev–Trinajstić information content (AvgIpc) is 2.97. The van der Waals surface area contributed by atoms with E-state index in [-0.39, 0.29) is 5.91 Å². The van der Waals surface area contributed by atoms with Crippen LogP contribution in [0.5, 0.6) is 0 Å². The molecule has 0 bridgehead atoms. The molecule has 1 aromatic carbocycles. The normalized spacial score (nSPS) is 15.7. The number of nitrogens with zero attached hydrogens (tertiary/aromatic N) is 1. The monoisotopic (exact) mass is 274 g/mol. The predicted octanol–water partition coefficient (Wildman–Crippen LogP) is 2.96. The topological polar surface area (TPSA) is 32.3 Å². The zero-order valence-corrected chi connectivity index (χ0v) is 12.5. The van der Waals surface area contributed by atoms with Gasteiger partial charge in [-0.1, -0.05) is 50.1 Å². The molecule has 0 saturated heterocycles. The van der Waals surface area contributed by atoms with Gasteiger partial charge in [0.2, 0.25) is 5.91 Å². The molecule has 2 rings (SSSR count). The van der Waals surface area contributed by atoms with Crippen molar-refractivity contribution >= 4 is 5.91 Å². The van der Waals surface area contributed by atoms with E-state index < -0.39 is 0 Å². The summed E-state index contributed by atoms with van der Waals surface area (Å²) in [5.41, 5.74) is 1.31. The number of benzene rings is 1. The Morgan fingerprint density at radius 1 is 1.25 bits per heavy atom. The molecular formula is C17H26N2O. The van der Waals surface area contributed by atoms with E-state index in [9.17, 15) is 4.79 Å². The molecule has 0 spiro atoms. The molecule has 3 heteroatoms. The third-order valence-electron chi connectivity index (χ3n) is 4.07. The van der Waals surface area contributed by atoms with Crippen molar-refractivity contribution in [3.05, 3.63) is 35.9 Å². The molecule has 1 aliphatic carbocycles. The van der Waals surface area contributed by atoms with Gasteiger partial charge in [0.15, 0.2) is 0 Å². The fourth-order valence-corrected chi connectivity index (χ4v) is 2.82. The van der Waals surface area contributed by atoms with Crippen LogP contribution in [0.15, 0.2) is 30.3 Å². The van der Waals surface area contributed by atoms with Crippen molar-refractivity contribution in [2.45, 2.75) is 51.6 Å². The summed E-state index contributed by atoms with van der Waals surface area (Å²) in [5.74, 6) is 0.211. The van der Waals surface area contributed by atoms with Gasteiger partial charge in [-0.3, -0.25) is 9.69 Å². The Morgan fingerprint density at radius 2 is 1.95 bits per heavy atom. The van der Waals surface area contributed by atoms with E-state index in [0.717, 1.165) is 32.5 Å². The molecule has 110 valence electrons. The van der Waals surface area contributed by atoms with Crippen LogP contribution in [0.3, 0.4) is 0 Å². The van der Waals surface area contributed by atoms with Crippen LogP contribution >= 0.6 is 0 Å². The summed E-state index contributed by atoms with van der Waals surface area (Å²) in [7, 11) is 0. The standard InChI is InChI=1S/C17H26N2O/c1-2-19(14-15-8-4-3-5-9-15)13-12-17(20)18-16-10-6-7-11-16/h3-5,8-9,16H,2,6-7,10-14H2,1H3,(H,18,20). The van der Waals surface area contributed by atoms with Crippen LogP contribution in [0.25, 0.3) is 0 Å². The van der Waals surface area contributed by atoms with Gasteiger partial charge >= 0.3 is 0 Å². The van der Waals surface area contributed by atoms with Crippen LogP contribution in [-0.4, -0.2) is 29.9 Å². The summed E-state index contributed by atoms with van der Waals surface area (Å²) < 4.78 is 0. The van der Waals surface area contributed by atoms with Crippen molar-refractivity contribution in [1.82, 2.24) is 10.2 Å². The molecule has 20 heavy (non-hydrogen) atoms. The van der Waals surface area contributed by atoms with Gasteiger partial charge in [-0.25, -0.2) is 0 Å². The summed E-state index contributed by atoms with van der Waals surface area (Å²) >= 11 is 0. The Hall–Kier alpha value is -1.35. The van der Waals surface area contributed by atoms with Crippen LogP contribution in [0, 0.1) is 0 Å². The van der Waals surface area contributed by atoms with E-state index in [1.807, 2.05) is 6.07 Å². The summed E-state index contributed by atoms with van der Waals surface area (Å²) in [6.45, 7) is 4.89. The lowest BCUT2D eigenvalue weighted by molar-refractivity contribution is -0.122. The molecule has 1 aromatic rings. The second-order valence-electron chi connectivity index (χ2n) is 5.65. The lowest BCUT2D eigenvalue weighted by atomic mass is 10.2. The van der Waals surface area contributed by atoms with E-state index in [0.29, 0.717) is 12.5 Å². The third kappa shape index (κ3) is 4.97. The molecule has 0 aromatic heterocycles. The quantitative estimate of drug-likeness (QED) is 0.829. The Labute approximate surface area is 122 Å². The Bertz CT molecular complexity index is 399. The van der Waals surface area contributed by atoms with Gasteiger partial charge in [-0.05, 0) is 24.9 Å². The predicted molar refractivity (Wildman–Crippen MR) is 82.4 cm³/mol. The fourth-order valence-electron chi connectivity index (χ4n) is 2.82. The maximum atomic E-state index is 11.9. The second-order valence-corrected chi connectivity index (χ2v) is 5.65. The number of hydrogen-bond acceptors (Lipinski definition) is 2. The second kappa shape index (κ2) is 8.05. The number of carbonyl (C=O) groups excluding carboxylic acids is 1. The van der Waals surface area contributed by atoms with Crippen LogP contribution in [0.1, 0.15) is 44.6 Å². The maximum absolute atomic E-state index is 11.9. The van der Waals surface area contributed by atoms with E-state index >= 15 is 0 Å². The highest BCUT2D eigenvalue weighted by atomic mass is 16.1. The van der Waals surface area contributed by atoms with Gasteiger partial charge in [0.05, 0.1) is 0 Å². The molecule has 0 atom stereocenters. The number of carbonyl (C=O) groups is 1. The van der Waals surface area contributed by atoms with Gasteiger partial charge in [0.1, 0.15) is 0 Å². The third-order valence-corrected chi connectivity index (χ3v) is 4.07. The number of hydrogen-bond donors (Lipinski definition) is 1. The van der Waals surface area contributed by atoms with Gasteiger partial charge in [-0.15, -0.1) is 0 Å². The van der Waals surface area contributed by atoms with E-state index in [1.165, 1.54) is 18.4 Å². The van der Waals surface area contributed by atoms with Crippen molar-refractivity contribution < 1.29 is 4.79 Å². The van der Waals surface area contributed by atoms with Gasteiger partial charge < -0.3 is 5.32 Å². The van der Waals surface area contributed by atoms with Gasteiger partial charge in [-0.2, -0.15) is 0 Å². The lowest BCUT2D eigenvalue weighted by Crippen LogP contribution is -2.35. The molecule has 1 amide bonds. The highest BCUT2D eigenvalue weighted by Crippen LogP contribution is 2.17. The minimum Gasteiger partial charge on any atom is -0.353 e. The largest absolute Gasteiger partial charge is 0.353 e. The zero-order chi connectivity index (χ0) is 14.2. The highest BCUT2D eigenvalue weighted by Gasteiger charge is 2.17. The fraction of sp³-hybridized carbons (Fsp3) is 0.588. The Morgan fingerprint density at radius 3 is 2.60 bits per heavy atom. The smallest absolute Gasteiger partial charge is 0.221 e. The Kier molecular flexibility index (Phi) is 6.06. The number of amides is 1. The zero-order valence-electron chi connectivity index (χ0n) is 12.5. The maximum Gasteiger partial charge on any atom is 0.221 e. The summed E-state index contributed by atoms with van der Waals surface area (Å²) in [6.07, 6.45) is 5.46. The molecule has 1 N–H and O–H groups in total. The SMILES string of the molecule is CCN(CCC(=O)NC1CCCC1)Cc1ccccc1. The van der Waals surface area contributed by atoms with E-state index in [1.54, 1.807) is 0 Å². The minimum absolute atomic E-state index is 0.211. The minimum atomic E-state index is 0.211. The lowest BCUT2D eigenvalue weighted by Gasteiger charge is -2.21. The summed E-state index contributed by atoms with van der Waals surface area (Å²) in [6, 6.07) is 10.9. The van der Waals surface area contributed by atoms with Gasteiger partial charge in [0.25, 0.3) is 0 Å². The Balaban J connectivity index is 1.71. The molecule has 0 radical (unpaired) electrons. The number of nitrogens with one attached hydrogen (secondary N) is 1. The molecule has 0 aliphatic heterocycles. The molecule has 1 fully saturated rings. The van der Waals surface area contributed by atoms with Crippen LogP contribution in [-0.2, 0) is 11.3 Å².